The van der Waals surface area contributed by atoms with E-state index in [4.69, 9.17) is 4.74 Å². The molecule has 0 radical (unpaired) electrons. The average Bonchev–Trinajstić information content (AvgIpc) is 2.31. The average molecular weight is 249 g/mol. The van der Waals surface area contributed by atoms with Crippen LogP contribution in [0.1, 0.15) is 19.3 Å². The van der Waals surface area contributed by atoms with Gasteiger partial charge in [-0.05, 0) is 25.8 Å². The molecule has 7 heteroatoms. The highest BCUT2D eigenvalue weighted by molar-refractivity contribution is 7.87. The number of piperidine rings is 1. The molecular formula is C9H19N3O3S. The van der Waals surface area contributed by atoms with Crippen LogP contribution in [0.25, 0.3) is 0 Å². The van der Waals surface area contributed by atoms with Gasteiger partial charge in [0, 0.05) is 13.1 Å². The molecule has 0 aromatic carbocycles. The van der Waals surface area contributed by atoms with Gasteiger partial charge in [0.15, 0.2) is 0 Å². The van der Waals surface area contributed by atoms with Gasteiger partial charge in [0.25, 0.3) is 10.2 Å². The normalized spacial score (nSPS) is 29.1. The molecule has 0 amide bonds. The first-order valence-electron chi connectivity index (χ1n) is 5.77. The third kappa shape index (κ3) is 3.14. The number of morpholine rings is 1. The summed E-state index contributed by atoms with van der Waals surface area (Å²) >= 11 is 0. The fraction of sp³-hybridized carbons (Fsp3) is 1.00. The molecule has 0 aromatic heterocycles. The number of hydrogen-bond acceptors (Lipinski definition) is 4. The van der Waals surface area contributed by atoms with Crippen LogP contribution in [0, 0.1) is 0 Å². The second kappa shape index (κ2) is 5.42. The lowest BCUT2D eigenvalue weighted by atomic mass is 10.1. The van der Waals surface area contributed by atoms with Gasteiger partial charge in [0.1, 0.15) is 0 Å². The zero-order valence-electron chi connectivity index (χ0n) is 9.31. The van der Waals surface area contributed by atoms with E-state index in [-0.39, 0.29) is 6.17 Å². The van der Waals surface area contributed by atoms with Crippen molar-refractivity contribution < 1.29 is 13.2 Å². The number of nitrogens with zero attached hydrogens (tertiary/aromatic N) is 1. The quantitative estimate of drug-likeness (QED) is 0.690. The van der Waals surface area contributed by atoms with E-state index in [1.165, 1.54) is 4.31 Å². The van der Waals surface area contributed by atoms with Crippen LogP contribution in [-0.2, 0) is 14.9 Å². The van der Waals surface area contributed by atoms with E-state index in [2.05, 4.69) is 10.0 Å². The summed E-state index contributed by atoms with van der Waals surface area (Å²) in [7, 11) is -3.34. The summed E-state index contributed by atoms with van der Waals surface area (Å²) in [4.78, 5) is 0. The molecule has 1 atom stereocenters. The van der Waals surface area contributed by atoms with E-state index < -0.39 is 10.2 Å². The fourth-order valence-corrected chi connectivity index (χ4v) is 3.33. The van der Waals surface area contributed by atoms with Crippen molar-refractivity contribution in [3.05, 3.63) is 0 Å². The SMILES string of the molecule is O=S(=O)(NC1CCCCN1)N1CCOCC1. The van der Waals surface area contributed by atoms with E-state index in [1.54, 1.807) is 0 Å². The molecule has 0 aliphatic carbocycles. The molecule has 0 saturated carbocycles. The van der Waals surface area contributed by atoms with Crippen molar-refractivity contribution in [2.45, 2.75) is 25.4 Å². The van der Waals surface area contributed by atoms with Crippen LogP contribution in [0.5, 0.6) is 0 Å². The highest BCUT2D eigenvalue weighted by atomic mass is 32.2. The molecule has 1 unspecified atom stereocenters. The van der Waals surface area contributed by atoms with Gasteiger partial charge < -0.3 is 10.1 Å². The number of nitrogens with one attached hydrogen (secondary N) is 2. The van der Waals surface area contributed by atoms with Gasteiger partial charge in [-0.2, -0.15) is 17.4 Å². The molecule has 16 heavy (non-hydrogen) atoms. The van der Waals surface area contributed by atoms with Gasteiger partial charge >= 0.3 is 0 Å². The van der Waals surface area contributed by atoms with Crippen LogP contribution in [-0.4, -0.2) is 51.7 Å². The van der Waals surface area contributed by atoms with E-state index in [0.717, 1.165) is 25.8 Å². The van der Waals surface area contributed by atoms with Crippen molar-refractivity contribution in [3.63, 3.8) is 0 Å². The minimum atomic E-state index is -3.34. The summed E-state index contributed by atoms with van der Waals surface area (Å²) < 4.78 is 33.2. The van der Waals surface area contributed by atoms with Crippen molar-refractivity contribution in [2.24, 2.45) is 0 Å². The maximum Gasteiger partial charge on any atom is 0.280 e. The maximum atomic E-state index is 12.0. The molecular weight excluding hydrogens is 230 g/mol. The van der Waals surface area contributed by atoms with Gasteiger partial charge in [-0.1, -0.05) is 0 Å². The van der Waals surface area contributed by atoms with Crippen molar-refractivity contribution in [1.82, 2.24) is 14.3 Å². The van der Waals surface area contributed by atoms with Crippen LogP contribution in [0.4, 0.5) is 0 Å². The standard InChI is InChI=1S/C9H19N3O3S/c13-16(14,12-5-7-15-8-6-12)11-9-3-1-2-4-10-9/h9-11H,1-8H2. The number of hydrogen-bond donors (Lipinski definition) is 2. The Bertz CT molecular complexity index is 308. The predicted molar refractivity (Wildman–Crippen MR) is 60.1 cm³/mol. The van der Waals surface area contributed by atoms with Crippen LogP contribution in [0.2, 0.25) is 0 Å². The summed E-state index contributed by atoms with van der Waals surface area (Å²) in [5.41, 5.74) is 0. The third-order valence-electron chi connectivity index (χ3n) is 2.91. The number of rotatable bonds is 3. The van der Waals surface area contributed by atoms with Crippen LogP contribution < -0.4 is 10.0 Å². The van der Waals surface area contributed by atoms with Crippen molar-refractivity contribution in [3.8, 4) is 0 Å². The Balaban J connectivity index is 1.90. The highest BCUT2D eigenvalue weighted by Gasteiger charge is 2.27. The monoisotopic (exact) mass is 249 g/mol. The molecule has 2 aliphatic rings. The van der Waals surface area contributed by atoms with Crippen molar-refractivity contribution in [2.75, 3.05) is 32.8 Å². The van der Waals surface area contributed by atoms with Gasteiger partial charge in [-0.15, -0.1) is 0 Å². The molecule has 2 rings (SSSR count). The smallest absolute Gasteiger partial charge is 0.280 e. The Labute approximate surface area is 96.5 Å². The minimum absolute atomic E-state index is 0.110. The van der Waals surface area contributed by atoms with E-state index in [1.807, 2.05) is 0 Å². The highest BCUT2D eigenvalue weighted by Crippen LogP contribution is 2.08. The maximum absolute atomic E-state index is 12.0. The number of ether oxygens (including phenoxy) is 1. The Hall–Kier alpha value is -0.210. The van der Waals surface area contributed by atoms with Gasteiger partial charge in [-0.25, -0.2) is 0 Å². The molecule has 0 spiro atoms. The second-order valence-corrected chi connectivity index (χ2v) is 5.84. The Morgan fingerprint density at radius 1 is 1.25 bits per heavy atom. The summed E-state index contributed by atoms with van der Waals surface area (Å²) in [6, 6.07) is 0. The van der Waals surface area contributed by atoms with E-state index in [9.17, 15) is 8.42 Å². The minimum Gasteiger partial charge on any atom is -0.379 e. The fourth-order valence-electron chi connectivity index (χ4n) is 1.99. The molecule has 0 bridgehead atoms. The molecule has 2 aliphatic heterocycles. The third-order valence-corrected chi connectivity index (χ3v) is 4.54. The zero-order chi connectivity index (χ0) is 11.4. The molecule has 2 heterocycles. The molecule has 0 aromatic rings. The van der Waals surface area contributed by atoms with E-state index >= 15 is 0 Å². The molecule has 2 fully saturated rings. The van der Waals surface area contributed by atoms with Crippen molar-refractivity contribution in [1.29, 1.82) is 0 Å². The summed E-state index contributed by atoms with van der Waals surface area (Å²) in [5.74, 6) is 0. The second-order valence-electron chi connectivity index (χ2n) is 4.14. The molecule has 2 N–H and O–H groups in total. The summed E-state index contributed by atoms with van der Waals surface area (Å²) in [5, 5.41) is 3.17. The first-order chi connectivity index (χ1) is 7.68. The molecule has 2 saturated heterocycles. The van der Waals surface area contributed by atoms with Crippen LogP contribution in [0.15, 0.2) is 0 Å². The first kappa shape index (κ1) is 12.3. The topological polar surface area (TPSA) is 70.7 Å². The Kier molecular flexibility index (Phi) is 4.15. The molecule has 94 valence electrons. The Morgan fingerprint density at radius 2 is 2.00 bits per heavy atom. The zero-order valence-corrected chi connectivity index (χ0v) is 10.1. The summed E-state index contributed by atoms with van der Waals surface area (Å²) in [6.07, 6.45) is 2.95. The molecule has 6 nitrogen and oxygen atoms in total. The lowest BCUT2D eigenvalue weighted by Gasteiger charge is -2.30. The largest absolute Gasteiger partial charge is 0.379 e. The first-order valence-corrected chi connectivity index (χ1v) is 7.21. The van der Waals surface area contributed by atoms with Crippen LogP contribution in [0.3, 0.4) is 0 Å². The van der Waals surface area contributed by atoms with Gasteiger partial charge in [0.05, 0.1) is 19.4 Å². The van der Waals surface area contributed by atoms with Crippen molar-refractivity contribution >= 4 is 10.2 Å². The lowest BCUT2D eigenvalue weighted by molar-refractivity contribution is 0.0721. The lowest BCUT2D eigenvalue weighted by Crippen LogP contribution is -2.54. The van der Waals surface area contributed by atoms with Gasteiger partial charge in [-0.3, -0.25) is 0 Å². The van der Waals surface area contributed by atoms with E-state index in [0.29, 0.717) is 26.3 Å². The van der Waals surface area contributed by atoms with Gasteiger partial charge in [0.2, 0.25) is 0 Å². The summed E-state index contributed by atoms with van der Waals surface area (Å²) in [6.45, 7) is 2.75. The van der Waals surface area contributed by atoms with Crippen LogP contribution >= 0.6 is 0 Å². The predicted octanol–water partition coefficient (Wildman–Crippen LogP) is -0.747. The Morgan fingerprint density at radius 3 is 2.62 bits per heavy atom.